The Labute approximate surface area is 159 Å². The van der Waals surface area contributed by atoms with Gasteiger partial charge in [-0.3, -0.25) is 4.90 Å². The molecular formula is C22H22ClNO2. The average molecular weight is 368 g/mol. The van der Waals surface area contributed by atoms with Gasteiger partial charge in [0.25, 0.3) is 0 Å². The van der Waals surface area contributed by atoms with Crippen LogP contribution in [0.5, 0.6) is 0 Å². The summed E-state index contributed by atoms with van der Waals surface area (Å²) in [4.78, 5) is 13.2. The van der Waals surface area contributed by atoms with Crippen LogP contribution >= 0.6 is 11.6 Å². The highest BCUT2D eigenvalue weighted by Crippen LogP contribution is 2.26. The van der Waals surface area contributed by atoms with Gasteiger partial charge in [-0.2, -0.15) is 0 Å². The van der Waals surface area contributed by atoms with E-state index in [2.05, 4.69) is 17.0 Å². The van der Waals surface area contributed by atoms with Crippen LogP contribution in [0.2, 0.25) is 5.02 Å². The van der Waals surface area contributed by atoms with Crippen molar-refractivity contribution in [3.63, 3.8) is 0 Å². The molecule has 1 saturated heterocycles. The average Bonchev–Trinajstić information content (AvgIpc) is 3.15. The van der Waals surface area contributed by atoms with E-state index in [4.69, 9.17) is 16.7 Å². The van der Waals surface area contributed by atoms with Gasteiger partial charge in [0.15, 0.2) is 0 Å². The molecule has 2 aromatic rings. The molecule has 0 radical (unpaired) electrons. The molecule has 0 atom stereocenters. The Morgan fingerprint density at radius 1 is 1.08 bits per heavy atom. The normalized spacial score (nSPS) is 15.7. The van der Waals surface area contributed by atoms with Gasteiger partial charge in [-0.05, 0) is 72.5 Å². The minimum Gasteiger partial charge on any atom is -0.478 e. The lowest BCUT2D eigenvalue weighted by Crippen LogP contribution is -2.19. The second kappa shape index (κ2) is 8.84. The minimum atomic E-state index is -0.946. The molecule has 0 bridgehead atoms. The van der Waals surface area contributed by atoms with Gasteiger partial charge < -0.3 is 5.11 Å². The fourth-order valence-corrected chi connectivity index (χ4v) is 3.32. The molecule has 1 N–H and O–H groups in total. The first-order chi connectivity index (χ1) is 12.6. The van der Waals surface area contributed by atoms with Crippen molar-refractivity contribution >= 4 is 29.2 Å². The van der Waals surface area contributed by atoms with Crippen LogP contribution in [0.1, 0.15) is 29.5 Å². The molecule has 0 aliphatic carbocycles. The van der Waals surface area contributed by atoms with E-state index >= 15 is 0 Å². The number of benzene rings is 2. The highest BCUT2D eigenvalue weighted by Gasteiger charge is 2.11. The second-order valence-corrected chi connectivity index (χ2v) is 6.87. The number of halogens is 1. The van der Waals surface area contributed by atoms with E-state index in [0.717, 1.165) is 48.0 Å². The molecule has 3 nitrogen and oxygen atoms in total. The number of rotatable bonds is 6. The highest BCUT2D eigenvalue weighted by molar-refractivity contribution is 6.30. The first-order valence-electron chi connectivity index (χ1n) is 8.82. The Balaban J connectivity index is 1.94. The minimum absolute atomic E-state index is 0.714. The van der Waals surface area contributed by atoms with Crippen LogP contribution in [0.4, 0.5) is 0 Å². The molecular weight excluding hydrogens is 346 g/mol. The molecule has 0 amide bonds. The van der Waals surface area contributed by atoms with Gasteiger partial charge in [0.05, 0.1) is 0 Å². The Bertz CT molecular complexity index is 818. The first-order valence-corrected chi connectivity index (χ1v) is 9.19. The molecule has 3 rings (SSSR count). The fraction of sp³-hybridized carbons (Fsp3) is 0.227. The SMILES string of the molecule is O=C(O)/C=C/c1cccc(/C(=C\CN2CCCC2)c2ccc(Cl)cc2)c1. The summed E-state index contributed by atoms with van der Waals surface area (Å²) in [7, 11) is 0. The summed E-state index contributed by atoms with van der Waals surface area (Å²) in [5, 5.41) is 9.56. The van der Waals surface area contributed by atoms with Crippen molar-refractivity contribution in [1.29, 1.82) is 0 Å². The van der Waals surface area contributed by atoms with Crippen LogP contribution in [0.25, 0.3) is 11.6 Å². The van der Waals surface area contributed by atoms with Crippen LogP contribution in [-0.4, -0.2) is 35.6 Å². The summed E-state index contributed by atoms with van der Waals surface area (Å²) in [6.45, 7) is 3.20. The molecule has 1 aliphatic rings. The standard InChI is InChI=1S/C22H22ClNO2/c23-20-9-7-18(8-10-20)21(12-15-24-13-1-2-14-24)19-5-3-4-17(16-19)6-11-22(25)26/h3-12,16H,1-2,13-15H2,(H,25,26)/b11-6+,21-12-. The van der Waals surface area contributed by atoms with Crippen molar-refractivity contribution < 1.29 is 9.90 Å². The third kappa shape index (κ3) is 5.07. The number of likely N-dealkylation sites (tertiary alicyclic amines) is 1. The molecule has 4 heteroatoms. The van der Waals surface area contributed by atoms with Crippen molar-refractivity contribution in [2.24, 2.45) is 0 Å². The predicted molar refractivity (Wildman–Crippen MR) is 107 cm³/mol. The largest absolute Gasteiger partial charge is 0.478 e. The van der Waals surface area contributed by atoms with Crippen molar-refractivity contribution in [3.05, 3.63) is 82.4 Å². The summed E-state index contributed by atoms with van der Waals surface area (Å²) < 4.78 is 0. The first kappa shape index (κ1) is 18.4. The van der Waals surface area contributed by atoms with Crippen molar-refractivity contribution in [2.45, 2.75) is 12.8 Å². The molecule has 0 saturated carbocycles. The molecule has 134 valence electrons. The van der Waals surface area contributed by atoms with Gasteiger partial charge in [-0.25, -0.2) is 4.79 Å². The zero-order chi connectivity index (χ0) is 18.4. The maximum atomic E-state index is 10.8. The second-order valence-electron chi connectivity index (χ2n) is 6.43. The fourth-order valence-electron chi connectivity index (χ4n) is 3.19. The van der Waals surface area contributed by atoms with E-state index in [1.807, 2.05) is 42.5 Å². The summed E-state index contributed by atoms with van der Waals surface area (Å²) in [6, 6.07) is 15.8. The number of hydrogen-bond donors (Lipinski definition) is 1. The smallest absolute Gasteiger partial charge is 0.328 e. The number of aliphatic carboxylic acids is 1. The van der Waals surface area contributed by atoms with E-state index in [-0.39, 0.29) is 0 Å². The lowest BCUT2D eigenvalue weighted by Gasteiger charge is -2.15. The van der Waals surface area contributed by atoms with Crippen LogP contribution < -0.4 is 0 Å². The highest BCUT2D eigenvalue weighted by atomic mass is 35.5. The topological polar surface area (TPSA) is 40.5 Å². The number of carbonyl (C=O) groups is 1. The Kier molecular flexibility index (Phi) is 6.26. The van der Waals surface area contributed by atoms with E-state index < -0.39 is 5.97 Å². The maximum absolute atomic E-state index is 10.8. The van der Waals surface area contributed by atoms with Crippen molar-refractivity contribution in [3.8, 4) is 0 Å². The van der Waals surface area contributed by atoms with E-state index in [0.29, 0.717) is 5.02 Å². The van der Waals surface area contributed by atoms with Gasteiger partial charge in [0.2, 0.25) is 0 Å². The molecule has 0 aromatic heterocycles. The van der Waals surface area contributed by atoms with E-state index in [9.17, 15) is 4.79 Å². The van der Waals surface area contributed by atoms with Gasteiger partial charge in [-0.1, -0.05) is 48.0 Å². The van der Waals surface area contributed by atoms with E-state index in [1.165, 1.54) is 12.8 Å². The maximum Gasteiger partial charge on any atom is 0.328 e. The quantitative estimate of drug-likeness (QED) is 0.733. The zero-order valence-corrected chi connectivity index (χ0v) is 15.3. The molecule has 0 unspecified atom stereocenters. The molecule has 1 aliphatic heterocycles. The third-order valence-electron chi connectivity index (χ3n) is 4.52. The number of carboxylic acid groups (broad SMARTS) is 1. The monoisotopic (exact) mass is 367 g/mol. The lowest BCUT2D eigenvalue weighted by atomic mass is 9.96. The zero-order valence-electron chi connectivity index (χ0n) is 14.6. The molecule has 0 spiro atoms. The van der Waals surface area contributed by atoms with Gasteiger partial charge >= 0.3 is 5.97 Å². The molecule has 2 aromatic carbocycles. The lowest BCUT2D eigenvalue weighted by molar-refractivity contribution is -0.131. The van der Waals surface area contributed by atoms with Gasteiger partial charge in [0, 0.05) is 17.6 Å². The van der Waals surface area contributed by atoms with Crippen LogP contribution in [-0.2, 0) is 4.79 Å². The molecule has 26 heavy (non-hydrogen) atoms. The number of hydrogen-bond acceptors (Lipinski definition) is 2. The summed E-state index contributed by atoms with van der Waals surface area (Å²) in [5.74, 6) is -0.946. The van der Waals surface area contributed by atoms with Gasteiger partial charge in [0.1, 0.15) is 0 Å². The predicted octanol–water partition coefficient (Wildman–Crippen LogP) is 4.97. The van der Waals surface area contributed by atoms with Crippen molar-refractivity contribution in [1.82, 2.24) is 4.90 Å². The summed E-state index contributed by atoms with van der Waals surface area (Å²) in [6.07, 6.45) is 7.56. The Morgan fingerprint density at radius 3 is 2.50 bits per heavy atom. The summed E-state index contributed by atoms with van der Waals surface area (Å²) >= 11 is 6.05. The summed E-state index contributed by atoms with van der Waals surface area (Å²) in [5.41, 5.74) is 4.18. The van der Waals surface area contributed by atoms with Crippen molar-refractivity contribution in [2.75, 3.05) is 19.6 Å². The van der Waals surface area contributed by atoms with Crippen LogP contribution in [0, 0.1) is 0 Å². The Hall–Kier alpha value is -2.36. The third-order valence-corrected chi connectivity index (χ3v) is 4.78. The van der Waals surface area contributed by atoms with Gasteiger partial charge in [-0.15, -0.1) is 0 Å². The Morgan fingerprint density at radius 2 is 1.81 bits per heavy atom. The molecule has 1 fully saturated rings. The van der Waals surface area contributed by atoms with Crippen LogP contribution in [0.3, 0.4) is 0 Å². The van der Waals surface area contributed by atoms with E-state index in [1.54, 1.807) is 6.08 Å². The van der Waals surface area contributed by atoms with Crippen LogP contribution in [0.15, 0.2) is 60.7 Å². The number of carboxylic acids is 1. The molecule has 1 heterocycles. The number of nitrogens with zero attached hydrogens (tertiary/aromatic N) is 1.